The van der Waals surface area contributed by atoms with Crippen LogP contribution in [0.5, 0.6) is 5.75 Å². The van der Waals surface area contributed by atoms with Gasteiger partial charge in [-0.2, -0.15) is 0 Å². The van der Waals surface area contributed by atoms with Gasteiger partial charge in [-0.3, -0.25) is 0 Å². The largest absolute Gasteiger partial charge is 0.494 e. The van der Waals surface area contributed by atoms with Crippen molar-refractivity contribution < 1.29 is 4.74 Å². The summed E-state index contributed by atoms with van der Waals surface area (Å²) in [6.45, 7) is 4.82. The normalized spacial score (nSPS) is 9.31. The Morgan fingerprint density at radius 3 is 2.85 bits per heavy atom. The predicted molar refractivity (Wildman–Crippen MR) is 54.9 cm³/mol. The molecule has 1 nitrogen and oxygen atoms in total. The van der Waals surface area contributed by atoms with Gasteiger partial charge in [-0.05, 0) is 31.0 Å². The highest BCUT2D eigenvalue weighted by Gasteiger charge is 1.97. The minimum atomic E-state index is 0.743. The third-order valence-corrected chi connectivity index (χ3v) is 1.84. The summed E-state index contributed by atoms with van der Waals surface area (Å²) in [4.78, 5) is 0. The Labute approximate surface area is 79.7 Å². The van der Waals surface area contributed by atoms with Crippen molar-refractivity contribution in [3.05, 3.63) is 29.3 Å². The first-order valence-corrected chi connectivity index (χ1v) is 4.48. The molecule has 13 heavy (non-hydrogen) atoms. The van der Waals surface area contributed by atoms with Crippen molar-refractivity contribution in [3.8, 4) is 18.1 Å². The summed E-state index contributed by atoms with van der Waals surface area (Å²) in [5.41, 5.74) is 2.03. The van der Waals surface area contributed by atoms with Gasteiger partial charge in [-0.25, -0.2) is 0 Å². The highest BCUT2D eigenvalue weighted by molar-refractivity contribution is 5.44. The molecule has 0 unspecified atom stereocenters. The van der Waals surface area contributed by atoms with Crippen LogP contribution in [0.1, 0.15) is 24.5 Å². The van der Waals surface area contributed by atoms with Crippen molar-refractivity contribution >= 4 is 0 Å². The van der Waals surface area contributed by atoms with E-state index in [1.807, 2.05) is 25.1 Å². The highest BCUT2D eigenvalue weighted by atomic mass is 16.5. The molecule has 0 saturated heterocycles. The first-order valence-electron chi connectivity index (χ1n) is 4.48. The maximum absolute atomic E-state index is 5.46. The molecule has 0 aliphatic carbocycles. The Balaban J connectivity index is 2.82. The van der Waals surface area contributed by atoms with E-state index >= 15 is 0 Å². The van der Waals surface area contributed by atoms with Gasteiger partial charge in [0.2, 0.25) is 0 Å². The average Bonchev–Trinajstić information content (AvgIpc) is 2.16. The summed E-state index contributed by atoms with van der Waals surface area (Å²) >= 11 is 0. The molecule has 0 amide bonds. The van der Waals surface area contributed by atoms with Gasteiger partial charge >= 0.3 is 0 Å². The summed E-state index contributed by atoms with van der Waals surface area (Å²) < 4.78 is 5.46. The smallest absolute Gasteiger partial charge is 0.120 e. The molecule has 0 N–H and O–H groups in total. The lowest BCUT2D eigenvalue weighted by Crippen LogP contribution is -1.95. The number of ether oxygens (including phenoxy) is 1. The fraction of sp³-hybridized carbons (Fsp3) is 0.333. The monoisotopic (exact) mass is 174 g/mol. The molecule has 0 aliphatic rings. The van der Waals surface area contributed by atoms with E-state index in [-0.39, 0.29) is 0 Å². The van der Waals surface area contributed by atoms with Gasteiger partial charge in [0, 0.05) is 5.56 Å². The summed E-state index contributed by atoms with van der Waals surface area (Å²) in [7, 11) is 0. The Kier molecular flexibility index (Phi) is 3.40. The van der Waals surface area contributed by atoms with E-state index in [4.69, 9.17) is 11.2 Å². The van der Waals surface area contributed by atoms with Crippen LogP contribution in [0, 0.1) is 19.3 Å². The third-order valence-electron chi connectivity index (χ3n) is 1.84. The Bertz CT molecular complexity index is 320. The van der Waals surface area contributed by atoms with Crippen molar-refractivity contribution in [1.29, 1.82) is 0 Å². The van der Waals surface area contributed by atoms with Crippen molar-refractivity contribution in [2.75, 3.05) is 6.61 Å². The minimum absolute atomic E-state index is 0.743. The number of terminal acetylenes is 1. The predicted octanol–water partition coefficient (Wildman–Crippen LogP) is 2.77. The molecule has 0 bridgehead atoms. The summed E-state index contributed by atoms with van der Waals surface area (Å²) in [5, 5.41) is 0. The Hall–Kier alpha value is -1.42. The van der Waals surface area contributed by atoms with Crippen LogP contribution >= 0.6 is 0 Å². The molecule has 0 saturated carbocycles. The molecule has 0 spiro atoms. The number of benzene rings is 1. The lowest BCUT2D eigenvalue weighted by molar-refractivity contribution is 0.317. The van der Waals surface area contributed by atoms with E-state index < -0.39 is 0 Å². The topological polar surface area (TPSA) is 9.23 Å². The van der Waals surface area contributed by atoms with Crippen molar-refractivity contribution in [2.24, 2.45) is 0 Å². The number of aryl methyl sites for hydroxylation is 1. The zero-order chi connectivity index (χ0) is 9.68. The molecule has 1 heteroatoms. The second kappa shape index (κ2) is 4.57. The van der Waals surface area contributed by atoms with Gasteiger partial charge in [0.05, 0.1) is 6.61 Å². The molecule has 0 heterocycles. The maximum atomic E-state index is 5.46. The molecule has 0 atom stereocenters. The summed E-state index contributed by atoms with van der Waals surface area (Å²) in [5.74, 6) is 3.49. The van der Waals surface area contributed by atoms with Crippen LogP contribution in [0.25, 0.3) is 0 Å². The molecular weight excluding hydrogens is 160 g/mol. The first kappa shape index (κ1) is 9.67. The average molecular weight is 174 g/mol. The first-order chi connectivity index (χ1) is 6.27. The van der Waals surface area contributed by atoms with Crippen LogP contribution in [-0.2, 0) is 0 Å². The van der Waals surface area contributed by atoms with Crippen LogP contribution in [0.3, 0.4) is 0 Å². The summed E-state index contributed by atoms with van der Waals surface area (Å²) in [6, 6.07) is 5.84. The summed E-state index contributed by atoms with van der Waals surface area (Å²) in [6.07, 6.45) is 6.36. The van der Waals surface area contributed by atoms with Gasteiger partial charge in [0.25, 0.3) is 0 Å². The number of rotatable bonds is 3. The van der Waals surface area contributed by atoms with Crippen LogP contribution in [0.4, 0.5) is 0 Å². The van der Waals surface area contributed by atoms with Gasteiger partial charge < -0.3 is 4.74 Å². The van der Waals surface area contributed by atoms with Gasteiger partial charge in [0.15, 0.2) is 0 Å². The SMILES string of the molecule is C#Cc1cc(OCCC)ccc1C. The number of hydrogen-bond donors (Lipinski definition) is 0. The molecule has 1 aromatic rings. The molecule has 0 fully saturated rings. The van der Waals surface area contributed by atoms with Crippen LogP contribution in [-0.4, -0.2) is 6.61 Å². The molecule has 0 aromatic heterocycles. The second-order valence-corrected chi connectivity index (χ2v) is 2.97. The Morgan fingerprint density at radius 1 is 1.46 bits per heavy atom. The van der Waals surface area contributed by atoms with E-state index in [0.717, 1.165) is 29.9 Å². The molecular formula is C12H14O. The second-order valence-electron chi connectivity index (χ2n) is 2.97. The van der Waals surface area contributed by atoms with Gasteiger partial charge in [-0.15, -0.1) is 6.42 Å². The zero-order valence-corrected chi connectivity index (χ0v) is 8.13. The maximum Gasteiger partial charge on any atom is 0.120 e. The zero-order valence-electron chi connectivity index (χ0n) is 8.13. The van der Waals surface area contributed by atoms with E-state index in [0.29, 0.717) is 0 Å². The standard InChI is InChI=1S/C12H14O/c1-4-8-13-12-7-6-10(3)11(5-2)9-12/h2,6-7,9H,4,8H2,1,3H3. The van der Waals surface area contributed by atoms with Crippen molar-refractivity contribution in [1.82, 2.24) is 0 Å². The van der Waals surface area contributed by atoms with Crippen LogP contribution in [0.2, 0.25) is 0 Å². The van der Waals surface area contributed by atoms with Crippen LogP contribution in [0.15, 0.2) is 18.2 Å². The third kappa shape index (κ3) is 2.52. The highest BCUT2D eigenvalue weighted by Crippen LogP contribution is 2.16. The molecule has 1 rings (SSSR count). The Morgan fingerprint density at radius 2 is 2.23 bits per heavy atom. The van der Waals surface area contributed by atoms with E-state index in [1.165, 1.54) is 0 Å². The fourth-order valence-electron chi connectivity index (χ4n) is 1.07. The van der Waals surface area contributed by atoms with E-state index in [9.17, 15) is 0 Å². The van der Waals surface area contributed by atoms with Gasteiger partial charge in [0.1, 0.15) is 5.75 Å². The molecule has 0 aliphatic heterocycles. The fourth-order valence-corrected chi connectivity index (χ4v) is 1.07. The van der Waals surface area contributed by atoms with Crippen LogP contribution < -0.4 is 4.74 Å². The lowest BCUT2D eigenvalue weighted by Gasteiger charge is -2.05. The van der Waals surface area contributed by atoms with E-state index in [2.05, 4.69) is 12.8 Å². The van der Waals surface area contributed by atoms with Crippen molar-refractivity contribution in [3.63, 3.8) is 0 Å². The lowest BCUT2D eigenvalue weighted by atomic mass is 10.1. The minimum Gasteiger partial charge on any atom is -0.494 e. The molecule has 68 valence electrons. The van der Waals surface area contributed by atoms with Crippen molar-refractivity contribution in [2.45, 2.75) is 20.3 Å². The van der Waals surface area contributed by atoms with Gasteiger partial charge in [-0.1, -0.05) is 18.9 Å². The van der Waals surface area contributed by atoms with E-state index in [1.54, 1.807) is 0 Å². The number of hydrogen-bond acceptors (Lipinski definition) is 1. The molecule has 1 aromatic carbocycles. The molecule has 0 radical (unpaired) electrons. The quantitative estimate of drug-likeness (QED) is 0.640.